The molecule has 3 atom stereocenters. The fraction of sp³-hybridized carbons (Fsp3) is 0.347. The summed E-state index contributed by atoms with van der Waals surface area (Å²) in [7, 11) is 0. The minimum atomic E-state index is -1.19. The zero-order chi connectivity index (χ0) is 47.1. The molecule has 0 radical (unpaired) electrons. The van der Waals surface area contributed by atoms with Crippen LogP contribution in [0.5, 0.6) is 5.75 Å². The van der Waals surface area contributed by atoms with Crippen molar-refractivity contribution in [3.63, 3.8) is 0 Å². The van der Waals surface area contributed by atoms with Gasteiger partial charge in [-0.3, -0.25) is 28.8 Å². The Hall–Kier alpha value is -6.98. The van der Waals surface area contributed by atoms with Gasteiger partial charge in [0, 0.05) is 57.8 Å². The molecule has 6 rings (SSSR count). The van der Waals surface area contributed by atoms with Gasteiger partial charge in [-0.25, -0.2) is 8.78 Å². The molecule has 4 aromatic carbocycles. The first-order valence-electron chi connectivity index (χ1n) is 21.9. The lowest BCUT2D eigenvalue weighted by molar-refractivity contribution is -0.141. The number of carbonyl (C=O) groups excluding carboxylic acids is 6. The van der Waals surface area contributed by atoms with Crippen molar-refractivity contribution in [2.45, 2.75) is 57.2 Å². The van der Waals surface area contributed by atoms with Crippen molar-refractivity contribution in [1.29, 1.82) is 0 Å². The summed E-state index contributed by atoms with van der Waals surface area (Å²) in [4.78, 5) is 84.3. The summed E-state index contributed by atoms with van der Waals surface area (Å²) in [6.07, 6.45) is 3.14. The maximum Gasteiger partial charge on any atom is 0.246 e. The molecule has 0 aromatic heterocycles. The van der Waals surface area contributed by atoms with Gasteiger partial charge in [0.25, 0.3) is 0 Å². The minimum absolute atomic E-state index is 0.00921. The van der Waals surface area contributed by atoms with E-state index in [2.05, 4.69) is 26.6 Å². The van der Waals surface area contributed by atoms with E-state index in [1.807, 2.05) is 30.3 Å². The largest absolute Gasteiger partial charge is 0.503 e. The maximum atomic E-state index is 14.9. The SMILES string of the molecule is NCCOCCNC(=O)[C@@H]1CCNC(=O)/C=C/C(=O)N2CCC[C@](Cc3ccccc3)(C2)C(=O)N[C@@H](Cc2ccc(-c3cc(F)c(O)c(F)c3)cc2)C(=O)NCc2ccccc2CC(=O)N1. The highest BCUT2D eigenvalue weighted by Gasteiger charge is 2.44. The molecule has 2 bridgehead atoms. The first kappa shape index (κ1) is 48.5. The number of phenolic OH excluding ortho intramolecular Hbond substituents is 1. The molecule has 0 spiro atoms. The lowest BCUT2D eigenvalue weighted by Gasteiger charge is -2.42. The van der Waals surface area contributed by atoms with Crippen LogP contribution in [-0.2, 0) is 59.3 Å². The van der Waals surface area contributed by atoms with E-state index in [1.165, 1.54) is 4.90 Å². The number of rotatable bonds is 11. The predicted octanol–water partition coefficient (Wildman–Crippen LogP) is 2.73. The van der Waals surface area contributed by atoms with Crippen LogP contribution in [0.15, 0.2) is 103 Å². The molecule has 0 aliphatic carbocycles. The van der Waals surface area contributed by atoms with Gasteiger partial charge < -0.3 is 47.1 Å². The van der Waals surface area contributed by atoms with E-state index in [1.54, 1.807) is 48.5 Å². The molecule has 2 heterocycles. The van der Waals surface area contributed by atoms with Gasteiger partial charge in [-0.2, -0.15) is 0 Å². The number of hydrogen-bond acceptors (Lipinski definition) is 9. The summed E-state index contributed by atoms with van der Waals surface area (Å²) in [5.74, 6) is -6.42. The quantitative estimate of drug-likeness (QED) is 0.110. The molecule has 1 fully saturated rings. The molecule has 15 nitrogen and oxygen atoms in total. The number of phenols is 1. The van der Waals surface area contributed by atoms with Crippen LogP contribution in [0.3, 0.4) is 0 Å². The molecule has 66 heavy (non-hydrogen) atoms. The van der Waals surface area contributed by atoms with Gasteiger partial charge in [-0.15, -0.1) is 0 Å². The van der Waals surface area contributed by atoms with E-state index < -0.39 is 70.3 Å². The van der Waals surface area contributed by atoms with Crippen LogP contribution in [0, 0.1) is 17.0 Å². The number of nitrogens with one attached hydrogen (secondary N) is 5. The molecule has 17 heteroatoms. The van der Waals surface area contributed by atoms with Crippen molar-refractivity contribution < 1.29 is 47.4 Å². The van der Waals surface area contributed by atoms with E-state index in [0.717, 1.165) is 29.8 Å². The number of nitrogens with zero attached hydrogens (tertiary/aromatic N) is 1. The van der Waals surface area contributed by atoms with E-state index in [4.69, 9.17) is 10.5 Å². The number of amides is 6. The van der Waals surface area contributed by atoms with E-state index in [0.29, 0.717) is 54.8 Å². The van der Waals surface area contributed by atoms with Gasteiger partial charge in [-0.1, -0.05) is 78.9 Å². The zero-order valence-corrected chi connectivity index (χ0v) is 36.5. The Morgan fingerprint density at radius 1 is 0.848 bits per heavy atom. The van der Waals surface area contributed by atoms with Gasteiger partial charge in [0.15, 0.2) is 17.4 Å². The smallest absolute Gasteiger partial charge is 0.246 e. The lowest BCUT2D eigenvalue weighted by atomic mass is 9.74. The van der Waals surface area contributed by atoms with E-state index in [-0.39, 0.29) is 64.0 Å². The number of fused-ring (bicyclic) bond motifs is 3. The normalized spacial score (nSPS) is 20.6. The van der Waals surface area contributed by atoms with Crippen LogP contribution in [-0.4, -0.2) is 103 Å². The van der Waals surface area contributed by atoms with Gasteiger partial charge in [-0.05, 0) is 71.2 Å². The van der Waals surface area contributed by atoms with Crippen LogP contribution >= 0.6 is 0 Å². The molecule has 4 aromatic rings. The predicted molar refractivity (Wildman–Crippen MR) is 241 cm³/mol. The monoisotopic (exact) mass is 907 g/mol. The van der Waals surface area contributed by atoms with Gasteiger partial charge >= 0.3 is 0 Å². The van der Waals surface area contributed by atoms with Gasteiger partial charge in [0.05, 0.1) is 25.0 Å². The first-order chi connectivity index (χ1) is 31.8. The molecule has 0 unspecified atom stereocenters. The summed E-state index contributed by atoms with van der Waals surface area (Å²) < 4.78 is 33.8. The van der Waals surface area contributed by atoms with Crippen LogP contribution in [0.1, 0.15) is 41.5 Å². The number of halogens is 2. The number of carbonyl (C=O) groups is 6. The number of piperidine rings is 1. The topological polar surface area (TPSA) is 221 Å². The third kappa shape index (κ3) is 13.3. The zero-order valence-electron chi connectivity index (χ0n) is 36.5. The summed E-state index contributed by atoms with van der Waals surface area (Å²) >= 11 is 0. The average molecular weight is 908 g/mol. The van der Waals surface area contributed by atoms with Crippen molar-refractivity contribution >= 4 is 35.4 Å². The summed E-state index contributed by atoms with van der Waals surface area (Å²) in [5.41, 5.74) is 7.50. The fourth-order valence-corrected chi connectivity index (χ4v) is 8.14. The Morgan fingerprint density at radius 2 is 1.56 bits per heavy atom. The molecular formula is C49H55F2N7O8. The highest BCUT2D eigenvalue weighted by molar-refractivity contribution is 5.97. The summed E-state index contributed by atoms with van der Waals surface area (Å²) in [6, 6.07) is 22.7. The van der Waals surface area contributed by atoms with Crippen molar-refractivity contribution in [2.24, 2.45) is 11.1 Å². The van der Waals surface area contributed by atoms with Gasteiger partial charge in [0.1, 0.15) is 12.1 Å². The summed E-state index contributed by atoms with van der Waals surface area (Å²) in [5, 5.41) is 23.7. The number of benzene rings is 4. The maximum absolute atomic E-state index is 14.9. The van der Waals surface area contributed by atoms with Crippen LogP contribution in [0.25, 0.3) is 11.1 Å². The fourth-order valence-electron chi connectivity index (χ4n) is 8.14. The Morgan fingerprint density at radius 3 is 2.29 bits per heavy atom. The van der Waals surface area contributed by atoms with Crippen LogP contribution in [0.4, 0.5) is 8.78 Å². The summed E-state index contributed by atoms with van der Waals surface area (Å²) in [6.45, 7) is 1.23. The second-order valence-corrected chi connectivity index (χ2v) is 16.4. The molecule has 2 aliphatic heterocycles. The highest BCUT2D eigenvalue weighted by atomic mass is 19.1. The number of ether oxygens (including phenoxy) is 1. The second kappa shape index (κ2) is 23.3. The van der Waals surface area contributed by atoms with E-state index >= 15 is 0 Å². The Labute approximate surface area is 381 Å². The van der Waals surface area contributed by atoms with Crippen molar-refractivity contribution in [2.75, 3.05) is 45.9 Å². The van der Waals surface area contributed by atoms with Crippen LogP contribution < -0.4 is 32.3 Å². The first-order valence-corrected chi connectivity index (χ1v) is 21.9. The molecular weight excluding hydrogens is 853 g/mol. The molecule has 1 saturated heterocycles. The molecule has 8 N–H and O–H groups in total. The van der Waals surface area contributed by atoms with Crippen molar-refractivity contribution in [3.8, 4) is 16.9 Å². The molecule has 0 saturated carbocycles. The number of hydrogen-bond donors (Lipinski definition) is 7. The molecule has 348 valence electrons. The third-order valence-corrected chi connectivity index (χ3v) is 11.6. The average Bonchev–Trinajstić information content (AvgIpc) is 3.31. The standard InChI is InChI=1S/C49H55F2N7O8/c50-38-26-37(27-39(51)45(38)62)34-13-11-32(12-14-34)25-41-47(64)55-30-36-10-5-4-9-35(36)28-43(60)56-40(46(63)54-21-24-66-23-19-52)17-20-53-42(59)15-16-44(61)58-22-6-18-49(31-58,48(65)57-41)29-33-7-2-1-3-8-33/h1-5,7-16,26-27,40-41,62H,6,17-25,28-31,52H2,(H,53,59)(H,54,63)(H,55,64)(H,56,60)(H,57,65)/b16-15+/t40-,41-,49-/m0/s1. The van der Waals surface area contributed by atoms with Crippen LogP contribution in [0.2, 0.25) is 0 Å². The minimum Gasteiger partial charge on any atom is -0.503 e. The van der Waals surface area contributed by atoms with E-state index in [9.17, 15) is 42.7 Å². The number of aromatic hydroxyl groups is 1. The second-order valence-electron chi connectivity index (χ2n) is 16.4. The third-order valence-electron chi connectivity index (χ3n) is 11.6. The van der Waals surface area contributed by atoms with Gasteiger partial charge in [0.2, 0.25) is 35.4 Å². The Kier molecular flexibility index (Phi) is 17.1. The van der Waals surface area contributed by atoms with Crippen molar-refractivity contribution in [1.82, 2.24) is 31.5 Å². The molecule has 6 amide bonds. The highest BCUT2D eigenvalue weighted by Crippen LogP contribution is 2.35. The Balaban J connectivity index is 1.31. The van der Waals surface area contributed by atoms with Crippen molar-refractivity contribution in [3.05, 3.63) is 137 Å². The lowest BCUT2D eigenvalue weighted by Crippen LogP contribution is -2.58. The number of nitrogens with two attached hydrogens (primary N) is 1. The Bertz CT molecular complexity index is 2380. The molecule has 2 aliphatic rings.